The van der Waals surface area contributed by atoms with E-state index < -0.39 is 0 Å². The number of nitrogens with one attached hydrogen (secondary N) is 1. The third-order valence-electron chi connectivity index (χ3n) is 3.68. The molecule has 0 aliphatic heterocycles. The summed E-state index contributed by atoms with van der Waals surface area (Å²) in [7, 11) is 0. The lowest BCUT2D eigenvalue weighted by Gasteiger charge is -2.09. The molecule has 0 heterocycles. The summed E-state index contributed by atoms with van der Waals surface area (Å²) in [6.07, 6.45) is 0.819. The quantitative estimate of drug-likeness (QED) is 0.661. The smallest absolute Gasteiger partial charge is 0.255 e. The second-order valence-electron chi connectivity index (χ2n) is 5.58. The maximum absolute atomic E-state index is 12.4. The van der Waals surface area contributed by atoms with Gasteiger partial charge in [0.1, 0.15) is 5.75 Å². The highest BCUT2D eigenvalue weighted by molar-refractivity contribution is 6.30. The van der Waals surface area contributed by atoms with Gasteiger partial charge in [0.15, 0.2) is 0 Å². The van der Waals surface area contributed by atoms with Crippen LogP contribution in [0.3, 0.4) is 0 Å². The Kier molecular flexibility index (Phi) is 5.70. The predicted octanol–water partition coefficient (Wildman–Crippen LogP) is 5.21. The number of hydrogen-bond donors (Lipinski definition) is 1. The average Bonchev–Trinajstić information content (AvgIpc) is 2.63. The first-order valence-electron chi connectivity index (χ1n) is 8.04. The van der Waals surface area contributed by atoms with Crippen LogP contribution in [0.15, 0.2) is 78.9 Å². The van der Waals surface area contributed by atoms with Crippen LogP contribution in [0.2, 0.25) is 5.02 Å². The normalized spacial score (nSPS) is 10.3. The van der Waals surface area contributed by atoms with Crippen molar-refractivity contribution in [2.75, 3.05) is 11.9 Å². The first-order chi connectivity index (χ1) is 12.2. The lowest BCUT2D eigenvalue weighted by molar-refractivity contribution is 0.102. The first kappa shape index (κ1) is 17.1. The van der Waals surface area contributed by atoms with E-state index in [0.29, 0.717) is 28.6 Å². The zero-order valence-electron chi connectivity index (χ0n) is 13.6. The van der Waals surface area contributed by atoms with E-state index in [1.807, 2.05) is 30.3 Å². The fourth-order valence-corrected chi connectivity index (χ4v) is 2.62. The minimum Gasteiger partial charge on any atom is -0.493 e. The number of carbonyl (C=O) groups is 1. The van der Waals surface area contributed by atoms with Gasteiger partial charge in [-0.3, -0.25) is 4.79 Å². The zero-order chi connectivity index (χ0) is 17.5. The van der Waals surface area contributed by atoms with E-state index in [9.17, 15) is 4.79 Å². The van der Waals surface area contributed by atoms with E-state index in [0.717, 1.165) is 6.42 Å². The van der Waals surface area contributed by atoms with Crippen molar-refractivity contribution in [3.63, 3.8) is 0 Å². The summed E-state index contributed by atoms with van der Waals surface area (Å²) in [6.45, 7) is 0.559. The van der Waals surface area contributed by atoms with Crippen molar-refractivity contribution in [2.24, 2.45) is 0 Å². The van der Waals surface area contributed by atoms with Crippen molar-refractivity contribution in [1.29, 1.82) is 0 Å². The van der Waals surface area contributed by atoms with E-state index in [2.05, 4.69) is 17.4 Å². The Balaban J connectivity index is 1.59. The van der Waals surface area contributed by atoms with Crippen LogP contribution in [0.25, 0.3) is 0 Å². The summed E-state index contributed by atoms with van der Waals surface area (Å²) in [5.41, 5.74) is 2.42. The molecule has 25 heavy (non-hydrogen) atoms. The highest BCUT2D eigenvalue weighted by Crippen LogP contribution is 2.18. The molecule has 0 aliphatic carbocycles. The van der Waals surface area contributed by atoms with Gasteiger partial charge in [-0.25, -0.2) is 0 Å². The van der Waals surface area contributed by atoms with Gasteiger partial charge in [-0.15, -0.1) is 0 Å². The Hall–Kier alpha value is -2.78. The number of carbonyl (C=O) groups excluding carboxylic acids is 1. The number of anilines is 1. The Labute approximate surface area is 152 Å². The van der Waals surface area contributed by atoms with Gasteiger partial charge in [0, 0.05) is 22.7 Å². The van der Waals surface area contributed by atoms with E-state index in [4.69, 9.17) is 16.3 Å². The van der Waals surface area contributed by atoms with E-state index in [1.54, 1.807) is 36.4 Å². The molecule has 3 rings (SSSR count). The second-order valence-corrected chi connectivity index (χ2v) is 6.01. The van der Waals surface area contributed by atoms with Gasteiger partial charge < -0.3 is 10.1 Å². The molecule has 0 atom stereocenters. The molecule has 126 valence electrons. The van der Waals surface area contributed by atoms with Gasteiger partial charge in [0.05, 0.1) is 6.61 Å². The van der Waals surface area contributed by atoms with Crippen LogP contribution in [0.1, 0.15) is 15.9 Å². The Bertz CT molecular complexity index is 849. The Morgan fingerprint density at radius 1 is 0.920 bits per heavy atom. The van der Waals surface area contributed by atoms with Crippen molar-refractivity contribution < 1.29 is 9.53 Å². The van der Waals surface area contributed by atoms with Gasteiger partial charge in [-0.2, -0.15) is 0 Å². The van der Waals surface area contributed by atoms with Crippen LogP contribution in [-0.4, -0.2) is 12.5 Å². The SMILES string of the molecule is O=C(Nc1cccc(Cl)c1)c1cccc(OCCc2ccccc2)c1. The van der Waals surface area contributed by atoms with Crippen molar-refractivity contribution >= 4 is 23.2 Å². The molecule has 0 unspecified atom stereocenters. The molecule has 3 nitrogen and oxygen atoms in total. The Morgan fingerprint density at radius 3 is 2.52 bits per heavy atom. The predicted molar refractivity (Wildman–Crippen MR) is 101 cm³/mol. The molecule has 0 aliphatic rings. The van der Waals surface area contributed by atoms with Gasteiger partial charge in [0.2, 0.25) is 0 Å². The minimum atomic E-state index is -0.198. The summed E-state index contributed by atoms with van der Waals surface area (Å²) in [5, 5.41) is 3.41. The molecular weight excluding hydrogens is 334 g/mol. The van der Waals surface area contributed by atoms with Crippen LogP contribution in [-0.2, 0) is 6.42 Å². The number of halogens is 1. The summed E-state index contributed by atoms with van der Waals surface area (Å²) in [4.78, 5) is 12.4. The Morgan fingerprint density at radius 2 is 1.72 bits per heavy atom. The molecule has 0 spiro atoms. The maximum atomic E-state index is 12.4. The van der Waals surface area contributed by atoms with Crippen molar-refractivity contribution in [3.05, 3.63) is 95.0 Å². The molecular formula is C21H18ClNO2. The summed E-state index contributed by atoms with van der Waals surface area (Å²) < 4.78 is 5.77. The third-order valence-corrected chi connectivity index (χ3v) is 3.92. The van der Waals surface area contributed by atoms with Gasteiger partial charge in [0.25, 0.3) is 5.91 Å². The monoisotopic (exact) mass is 351 g/mol. The van der Waals surface area contributed by atoms with Crippen LogP contribution in [0.4, 0.5) is 5.69 Å². The number of ether oxygens (including phenoxy) is 1. The van der Waals surface area contributed by atoms with Crippen molar-refractivity contribution in [1.82, 2.24) is 0 Å². The molecule has 0 radical (unpaired) electrons. The minimum absolute atomic E-state index is 0.198. The zero-order valence-corrected chi connectivity index (χ0v) is 14.4. The van der Waals surface area contributed by atoms with Crippen LogP contribution >= 0.6 is 11.6 Å². The second kappa shape index (κ2) is 8.36. The molecule has 0 saturated carbocycles. The molecule has 4 heteroatoms. The summed E-state index contributed by atoms with van der Waals surface area (Å²) >= 11 is 5.94. The van der Waals surface area contributed by atoms with Gasteiger partial charge in [-0.05, 0) is 42.0 Å². The molecule has 0 saturated heterocycles. The molecule has 1 amide bonds. The molecule has 0 fully saturated rings. The lowest BCUT2D eigenvalue weighted by atomic mass is 10.1. The fraction of sp³-hybridized carbons (Fsp3) is 0.0952. The van der Waals surface area contributed by atoms with Crippen molar-refractivity contribution in [3.8, 4) is 5.75 Å². The maximum Gasteiger partial charge on any atom is 0.255 e. The molecule has 0 aromatic heterocycles. The number of amides is 1. The van der Waals surface area contributed by atoms with E-state index >= 15 is 0 Å². The topological polar surface area (TPSA) is 38.3 Å². The number of hydrogen-bond acceptors (Lipinski definition) is 2. The van der Waals surface area contributed by atoms with E-state index in [1.165, 1.54) is 5.56 Å². The number of rotatable bonds is 6. The van der Waals surface area contributed by atoms with Crippen LogP contribution < -0.4 is 10.1 Å². The highest BCUT2D eigenvalue weighted by atomic mass is 35.5. The first-order valence-corrected chi connectivity index (χ1v) is 8.42. The molecule has 3 aromatic rings. The van der Waals surface area contributed by atoms with E-state index in [-0.39, 0.29) is 5.91 Å². The fourth-order valence-electron chi connectivity index (χ4n) is 2.43. The average molecular weight is 352 g/mol. The lowest BCUT2D eigenvalue weighted by Crippen LogP contribution is -2.12. The highest BCUT2D eigenvalue weighted by Gasteiger charge is 2.07. The molecule has 3 aromatic carbocycles. The third kappa shape index (κ3) is 5.10. The summed E-state index contributed by atoms with van der Waals surface area (Å²) in [6, 6.07) is 24.4. The van der Waals surface area contributed by atoms with Gasteiger partial charge in [-0.1, -0.05) is 54.1 Å². The van der Waals surface area contributed by atoms with Crippen LogP contribution in [0, 0.1) is 0 Å². The molecule has 0 bridgehead atoms. The van der Waals surface area contributed by atoms with Crippen LogP contribution in [0.5, 0.6) is 5.75 Å². The number of benzene rings is 3. The van der Waals surface area contributed by atoms with Gasteiger partial charge >= 0.3 is 0 Å². The summed E-state index contributed by atoms with van der Waals surface area (Å²) in [5.74, 6) is 0.477. The largest absolute Gasteiger partial charge is 0.493 e. The molecule has 1 N–H and O–H groups in total. The standard InChI is InChI=1S/C21H18ClNO2/c22-18-9-5-10-19(15-18)23-21(24)17-8-4-11-20(14-17)25-13-12-16-6-2-1-3-7-16/h1-11,14-15H,12-13H2,(H,23,24). The van der Waals surface area contributed by atoms with Crippen molar-refractivity contribution in [2.45, 2.75) is 6.42 Å².